The largest absolute Gasteiger partial charge is 0.447 e. The van der Waals surface area contributed by atoms with E-state index in [2.05, 4.69) is 5.16 Å². The molecule has 0 unspecified atom stereocenters. The number of benzene rings is 1. The molecule has 1 amide bonds. The van der Waals surface area contributed by atoms with E-state index in [1.807, 2.05) is 37.3 Å². The summed E-state index contributed by atoms with van der Waals surface area (Å²) in [5.41, 5.74) is 2.77. The minimum Gasteiger partial charge on any atom is -0.447 e. The molecule has 1 aliphatic rings. The SMILES string of the molecule is Cc1nocc1CN1C(=O)OC[C@@H]1c1ccccc1. The summed E-state index contributed by atoms with van der Waals surface area (Å²) in [5.74, 6) is 0. The van der Waals surface area contributed by atoms with E-state index in [0.29, 0.717) is 13.2 Å². The van der Waals surface area contributed by atoms with E-state index in [9.17, 15) is 4.79 Å². The number of hydrogen-bond donors (Lipinski definition) is 0. The maximum atomic E-state index is 11.8. The average molecular weight is 258 g/mol. The van der Waals surface area contributed by atoms with Gasteiger partial charge in [0.2, 0.25) is 0 Å². The molecule has 0 aliphatic carbocycles. The smallest absolute Gasteiger partial charge is 0.410 e. The van der Waals surface area contributed by atoms with Crippen molar-refractivity contribution in [1.29, 1.82) is 0 Å². The highest BCUT2D eigenvalue weighted by Crippen LogP contribution is 2.29. The van der Waals surface area contributed by atoms with Crippen molar-refractivity contribution in [3.8, 4) is 0 Å². The fourth-order valence-electron chi connectivity index (χ4n) is 2.22. The quantitative estimate of drug-likeness (QED) is 0.849. The third kappa shape index (κ3) is 2.19. The first kappa shape index (κ1) is 11.8. The van der Waals surface area contributed by atoms with Gasteiger partial charge in [0.25, 0.3) is 0 Å². The number of carbonyl (C=O) groups is 1. The number of cyclic esters (lactones) is 1. The van der Waals surface area contributed by atoms with Crippen molar-refractivity contribution in [2.24, 2.45) is 0 Å². The number of aromatic nitrogens is 1. The molecule has 1 atom stereocenters. The van der Waals surface area contributed by atoms with Crippen LogP contribution in [0.5, 0.6) is 0 Å². The summed E-state index contributed by atoms with van der Waals surface area (Å²) in [7, 11) is 0. The van der Waals surface area contributed by atoms with Gasteiger partial charge in [-0.3, -0.25) is 4.90 Å². The second kappa shape index (κ2) is 4.76. The molecule has 19 heavy (non-hydrogen) atoms. The van der Waals surface area contributed by atoms with Crippen LogP contribution in [-0.4, -0.2) is 22.8 Å². The van der Waals surface area contributed by atoms with Crippen molar-refractivity contribution in [3.05, 3.63) is 53.4 Å². The van der Waals surface area contributed by atoms with Gasteiger partial charge in [0.05, 0.1) is 18.3 Å². The highest BCUT2D eigenvalue weighted by Gasteiger charge is 2.34. The Kier molecular flexibility index (Phi) is 2.95. The average Bonchev–Trinajstić information content (AvgIpc) is 2.99. The highest BCUT2D eigenvalue weighted by atomic mass is 16.6. The van der Waals surface area contributed by atoms with E-state index in [4.69, 9.17) is 9.26 Å². The third-order valence-corrected chi connectivity index (χ3v) is 3.35. The molecule has 2 aromatic rings. The summed E-state index contributed by atoms with van der Waals surface area (Å²) in [6.07, 6.45) is 1.28. The Morgan fingerprint density at radius 2 is 2.16 bits per heavy atom. The van der Waals surface area contributed by atoms with Crippen molar-refractivity contribution >= 4 is 6.09 Å². The predicted octanol–water partition coefficient (Wildman–Crippen LogP) is 2.68. The van der Waals surface area contributed by atoms with E-state index >= 15 is 0 Å². The highest BCUT2D eigenvalue weighted by molar-refractivity contribution is 5.70. The lowest BCUT2D eigenvalue weighted by atomic mass is 10.1. The van der Waals surface area contributed by atoms with Crippen molar-refractivity contribution in [3.63, 3.8) is 0 Å². The van der Waals surface area contributed by atoms with Crippen LogP contribution in [0.15, 0.2) is 41.1 Å². The first-order chi connectivity index (χ1) is 9.25. The lowest BCUT2D eigenvalue weighted by molar-refractivity contribution is 0.156. The van der Waals surface area contributed by atoms with E-state index in [-0.39, 0.29) is 12.1 Å². The van der Waals surface area contributed by atoms with Gasteiger partial charge in [-0.05, 0) is 12.5 Å². The molecule has 1 saturated heterocycles. The Balaban J connectivity index is 1.85. The normalized spacial score (nSPS) is 18.7. The zero-order chi connectivity index (χ0) is 13.2. The topological polar surface area (TPSA) is 55.6 Å². The van der Waals surface area contributed by atoms with Crippen LogP contribution in [0.4, 0.5) is 4.79 Å². The van der Waals surface area contributed by atoms with Crippen molar-refractivity contribution < 1.29 is 14.1 Å². The molecule has 5 nitrogen and oxygen atoms in total. The van der Waals surface area contributed by atoms with Crippen LogP contribution in [-0.2, 0) is 11.3 Å². The molecular formula is C14H14N2O3. The third-order valence-electron chi connectivity index (χ3n) is 3.35. The Bertz CT molecular complexity index is 579. The van der Waals surface area contributed by atoms with Crippen LogP contribution in [0.25, 0.3) is 0 Å². The second-order valence-corrected chi connectivity index (χ2v) is 4.56. The molecule has 2 heterocycles. The van der Waals surface area contributed by atoms with E-state index < -0.39 is 0 Å². The monoisotopic (exact) mass is 258 g/mol. The first-order valence-electron chi connectivity index (χ1n) is 6.14. The number of hydrogen-bond acceptors (Lipinski definition) is 4. The van der Waals surface area contributed by atoms with Crippen LogP contribution in [0.2, 0.25) is 0 Å². The Morgan fingerprint density at radius 1 is 1.37 bits per heavy atom. The van der Waals surface area contributed by atoms with Crippen LogP contribution < -0.4 is 0 Å². The summed E-state index contributed by atoms with van der Waals surface area (Å²) in [6, 6.07) is 9.82. The number of ether oxygens (including phenoxy) is 1. The minimum atomic E-state index is -0.297. The van der Waals surface area contributed by atoms with Gasteiger partial charge in [-0.1, -0.05) is 35.5 Å². The Labute approximate surface area is 110 Å². The van der Waals surface area contributed by atoms with Crippen LogP contribution >= 0.6 is 0 Å². The van der Waals surface area contributed by atoms with Crippen LogP contribution in [0.1, 0.15) is 22.9 Å². The molecule has 5 heteroatoms. The van der Waals surface area contributed by atoms with Gasteiger partial charge in [-0.25, -0.2) is 4.79 Å². The van der Waals surface area contributed by atoms with Gasteiger partial charge in [0, 0.05) is 5.56 Å². The molecule has 0 N–H and O–H groups in total. The standard InChI is InChI=1S/C14H14N2O3/c1-10-12(8-19-15-10)7-16-13(9-18-14(16)17)11-5-3-2-4-6-11/h2-6,8,13H,7,9H2,1H3/t13-/m1/s1. The second-order valence-electron chi connectivity index (χ2n) is 4.56. The summed E-state index contributed by atoms with van der Waals surface area (Å²) in [4.78, 5) is 13.6. The number of nitrogens with zero attached hydrogens (tertiary/aromatic N) is 2. The van der Waals surface area contributed by atoms with E-state index in [0.717, 1.165) is 16.8 Å². The first-order valence-corrected chi connectivity index (χ1v) is 6.14. The van der Waals surface area contributed by atoms with Gasteiger partial charge in [-0.2, -0.15) is 0 Å². The molecular weight excluding hydrogens is 244 g/mol. The van der Waals surface area contributed by atoms with Crippen molar-refractivity contribution in [1.82, 2.24) is 10.1 Å². The number of rotatable bonds is 3. The molecule has 0 radical (unpaired) electrons. The lowest BCUT2D eigenvalue weighted by Gasteiger charge is -2.21. The van der Waals surface area contributed by atoms with Crippen molar-refractivity contribution in [2.45, 2.75) is 19.5 Å². The molecule has 0 spiro atoms. The van der Waals surface area contributed by atoms with Gasteiger partial charge in [0.15, 0.2) is 0 Å². The lowest BCUT2D eigenvalue weighted by Crippen LogP contribution is -2.27. The molecule has 1 aromatic heterocycles. The molecule has 1 fully saturated rings. The molecule has 1 aromatic carbocycles. The van der Waals surface area contributed by atoms with Gasteiger partial charge < -0.3 is 9.26 Å². The van der Waals surface area contributed by atoms with Gasteiger partial charge in [-0.15, -0.1) is 0 Å². The summed E-state index contributed by atoms with van der Waals surface area (Å²) < 4.78 is 10.1. The molecule has 3 rings (SSSR count). The Hall–Kier alpha value is -2.30. The Morgan fingerprint density at radius 3 is 2.84 bits per heavy atom. The number of carbonyl (C=O) groups excluding carboxylic acids is 1. The van der Waals surface area contributed by atoms with Crippen molar-refractivity contribution in [2.75, 3.05) is 6.61 Å². The fourth-order valence-corrected chi connectivity index (χ4v) is 2.22. The summed E-state index contributed by atoms with van der Waals surface area (Å²) >= 11 is 0. The molecule has 0 bridgehead atoms. The molecule has 98 valence electrons. The summed E-state index contributed by atoms with van der Waals surface area (Å²) in [6.45, 7) is 2.69. The van der Waals surface area contributed by atoms with Crippen LogP contribution in [0, 0.1) is 6.92 Å². The van der Waals surface area contributed by atoms with E-state index in [1.165, 1.54) is 0 Å². The molecule has 0 saturated carbocycles. The summed E-state index contributed by atoms with van der Waals surface area (Å²) in [5, 5.41) is 3.83. The molecule has 1 aliphatic heterocycles. The minimum absolute atomic E-state index is 0.0528. The maximum Gasteiger partial charge on any atom is 0.410 e. The van der Waals surface area contributed by atoms with E-state index in [1.54, 1.807) is 11.2 Å². The maximum absolute atomic E-state index is 11.8. The zero-order valence-electron chi connectivity index (χ0n) is 10.6. The fraction of sp³-hybridized carbons (Fsp3) is 0.286. The predicted molar refractivity (Wildman–Crippen MR) is 67.3 cm³/mol. The number of amides is 1. The van der Waals surface area contributed by atoms with Crippen LogP contribution in [0.3, 0.4) is 0 Å². The van der Waals surface area contributed by atoms with Gasteiger partial charge >= 0.3 is 6.09 Å². The van der Waals surface area contributed by atoms with Gasteiger partial charge in [0.1, 0.15) is 12.9 Å². The zero-order valence-corrected chi connectivity index (χ0v) is 10.6. The number of aryl methyl sites for hydroxylation is 1.